The number of carbonyl (C=O) groups excluding carboxylic acids is 4. The summed E-state index contributed by atoms with van der Waals surface area (Å²) in [5.41, 5.74) is 1.74. The van der Waals surface area contributed by atoms with Gasteiger partial charge in [0.15, 0.2) is 0 Å². The molecular formula is C22H28N4O4. The van der Waals surface area contributed by atoms with E-state index in [0.717, 1.165) is 36.8 Å². The highest BCUT2D eigenvalue weighted by atomic mass is 16.2. The van der Waals surface area contributed by atoms with Crippen LogP contribution in [0.15, 0.2) is 30.3 Å². The molecule has 1 aromatic carbocycles. The van der Waals surface area contributed by atoms with E-state index in [0.29, 0.717) is 37.3 Å². The van der Waals surface area contributed by atoms with Crippen LogP contribution in [0.3, 0.4) is 0 Å². The fourth-order valence-electron chi connectivity index (χ4n) is 3.91. The number of amides is 3. The lowest BCUT2D eigenvalue weighted by Gasteiger charge is -2.14. The van der Waals surface area contributed by atoms with Crippen molar-refractivity contribution in [2.24, 2.45) is 11.8 Å². The summed E-state index contributed by atoms with van der Waals surface area (Å²) >= 11 is 0. The van der Waals surface area contributed by atoms with Crippen LogP contribution in [0.25, 0.3) is 10.9 Å². The van der Waals surface area contributed by atoms with E-state index < -0.39 is 6.04 Å². The number of aldehydes is 1. The Morgan fingerprint density at radius 3 is 2.70 bits per heavy atom. The minimum atomic E-state index is -0.536. The van der Waals surface area contributed by atoms with Crippen LogP contribution in [0.2, 0.25) is 0 Å². The largest absolute Gasteiger partial charge is 0.356 e. The molecule has 0 radical (unpaired) electrons. The molecule has 8 nitrogen and oxygen atoms in total. The maximum atomic E-state index is 12.3. The Balaban J connectivity index is 0.000000178. The van der Waals surface area contributed by atoms with Crippen molar-refractivity contribution in [1.29, 1.82) is 0 Å². The third-order valence-electron chi connectivity index (χ3n) is 5.62. The Labute approximate surface area is 175 Å². The number of rotatable bonds is 6. The van der Waals surface area contributed by atoms with Gasteiger partial charge in [0.2, 0.25) is 12.3 Å². The maximum Gasteiger partial charge on any atom is 0.270 e. The molecule has 0 spiro atoms. The molecule has 3 heterocycles. The number of fused-ring (bicyclic) bond motifs is 1. The smallest absolute Gasteiger partial charge is 0.270 e. The Hall–Kier alpha value is -3.16. The van der Waals surface area contributed by atoms with E-state index in [-0.39, 0.29) is 17.7 Å². The van der Waals surface area contributed by atoms with Crippen LogP contribution in [0.1, 0.15) is 36.7 Å². The second-order valence-electron chi connectivity index (χ2n) is 7.95. The molecule has 8 heteroatoms. The number of nitrogens with zero attached hydrogens (tertiary/aromatic N) is 1. The number of hydrogen-bond donors (Lipinski definition) is 3. The van der Waals surface area contributed by atoms with Crippen LogP contribution in [0.5, 0.6) is 0 Å². The summed E-state index contributed by atoms with van der Waals surface area (Å²) in [6.07, 6.45) is 3.38. The molecule has 30 heavy (non-hydrogen) atoms. The van der Waals surface area contributed by atoms with E-state index in [4.69, 9.17) is 0 Å². The molecule has 4 rings (SSSR count). The summed E-state index contributed by atoms with van der Waals surface area (Å²) in [6.45, 7) is 4.62. The second-order valence-corrected chi connectivity index (χ2v) is 7.95. The van der Waals surface area contributed by atoms with Gasteiger partial charge in [-0.05, 0) is 37.3 Å². The van der Waals surface area contributed by atoms with E-state index in [2.05, 4.69) is 22.5 Å². The van der Waals surface area contributed by atoms with Gasteiger partial charge in [-0.2, -0.15) is 0 Å². The topological polar surface area (TPSA) is 111 Å². The van der Waals surface area contributed by atoms with Crippen LogP contribution in [0.4, 0.5) is 0 Å². The summed E-state index contributed by atoms with van der Waals surface area (Å²) in [6, 6.07) is 9.40. The molecular weight excluding hydrogens is 384 g/mol. The molecule has 2 aliphatic rings. The second kappa shape index (κ2) is 10.0. The zero-order chi connectivity index (χ0) is 21.5. The van der Waals surface area contributed by atoms with Crippen LogP contribution >= 0.6 is 0 Å². The predicted octanol–water partition coefficient (Wildman–Crippen LogP) is 1.48. The number of carbonyl (C=O) groups is 4. The van der Waals surface area contributed by atoms with Gasteiger partial charge in [-0.1, -0.05) is 25.1 Å². The van der Waals surface area contributed by atoms with Crippen LogP contribution in [-0.4, -0.2) is 60.1 Å². The first kappa shape index (κ1) is 21.5. The molecule has 2 aliphatic heterocycles. The first-order chi connectivity index (χ1) is 14.5. The first-order valence-corrected chi connectivity index (χ1v) is 10.3. The molecule has 0 saturated carbocycles. The van der Waals surface area contributed by atoms with Gasteiger partial charge < -0.3 is 25.3 Å². The standard InChI is InChI=1S/C14H16N2O.C8H12N2O3/c1-10-6-7-16(9-10)14(17)13-8-11-4-2-3-5-12(11)15-13;11-4-7(10-5-12)3-6-1-2-9-8(6)13/h2-5,8,10,15H,6-7,9H2,1H3;4-7H,1-3H2,(H,9,13)(H,10,12)/t;6-,7-/m.0/s1. The fourth-order valence-corrected chi connectivity index (χ4v) is 3.91. The van der Waals surface area contributed by atoms with Gasteiger partial charge in [0, 0.05) is 36.5 Å². The number of likely N-dealkylation sites (tertiary alicyclic amines) is 1. The quantitative estimate of drug-likeness (QED) is 0.624. The van der Waals surface area contributed by atoms with E-state index in [1.54, 1.807) is 0 Å². The number of H-pyrrole nitrogens is 1. The molecule has 160 valence electrons. The Morgan fingerprint density at radius 1 is 1.30 bits per heavy atom. The number of hydrogen-bond acceptors (Lipinski definition) is 4. The monoisotopic (exact) mass is 412 g/mol. The summed E-state index contributed by atoms with van der Waals surface area (Å²) in [7, 11) is 0. The number of para-hydroxylation sites is 1. The van der Waals surface area contributed by atoms with Gasteiger partial charge in [-0.3, -0.25) is 14.4 Å². The van der Waals surface area contributed by atoms with E-state index in [9.17, 15) is 19.2 Å². The molecule has 0 bridgehead atoms. The van der Waals surface area contributed by atoms with Gasteiger partial charge >= 0.3 is 0 Å². The molecule has 3 atom stereocenters. The Kier molecular flexibility index (Phi) is 7.21. The summed E-state index contributed by atoms with van der Waals surface area (Å²) in [4.78, 5) is 49.0. The van der Waals surface area contributed by atoms with E-state index >= 15 is 0 Å². The molecule has 1 unspecified atom stereocenters. The average molecular weight is 412 g/mol. The molecule has 0 aliphatic carbocycles. The van der Waals surface area contributed by atoms with Gasteiger partial charge in [0.05, 0.1) is 6.04 Å². The molecule has 2 saturated heterocycles. The van der Waals surface area contributed by atoms with Crippen molar-refractivity contribution in [1.82, 2.24) is 20.5 Å². The summed E-state index contributed by atoms with van der Waals surface area (Å²) in [5, 5.41) is 6.12. The van der Waals surface area contributed by atoms with Crippen LogP contribution in [0, 0.1) is 11.8 Å². The highest BCUT2D eigenvalue weighted by Gasteiger charge is 2.27. The lowest BCUT2D eigenvalue weighted by molar-refractivity contribution is -0.123. The molecule has 1 aromatic heterocycles. The third-order valence-corrected chi connectivity index (χ3v) is 5.62. The minimum absolute atomic E-state index is 0.0282. The zero-order valence-electron chi connectivity index (χ0n) is 17.1. The zero-order valence-corrected chi connectivity index (χ0v) is 17.1. The number of aromatic nitrogens is 1. The van der Waals surface area contributed by atoms with Gasteiger partial charge in [0.1, 0.15) is 12.0 Å². The van der Waals surface area contributed by atoms with Crippen molar-refractivity contribution in [2.75, 3.05) is 19.6 Å². The van der Waals surface area contributed by atoms with Crippen molar-refractivity contribution in [3.8, 4) is 0 Å². The van der Waals surface area contributed by atoms with Crippen molar-refractivity contribution in [3.63, 3.8) is 0 Å². The van der Waals surface area contributed by atoms with E-state index in [1.165, 1.54) is 0 Å². The minimum Gasteiger partial charge on any atom is -0.356 e. The normalized spacial score (nSPS) is 21.5. The predicted molar refractivity (Wildman–Crippen MR) is 113 cm³/mol. The lowest BCUT2D eigenvalue weighted by atomic mass is 9.99. The number of aromatic amines is 1. The number of benzene rings is 1. The van der Waals surface area contributed by atoms with Crippen molar-refractivity contribution in [2.45, 2.75) is 32.2 Å². The fraction of sp³-hybridized carbons (Fsp3) is 0.455. The van der Waals surface area contributed by atoms with Crippen molar-refractivity contribution < 1.29 is 19.2 Å². The van der Waals surface area contributed by atoms with Crippen LogP contribution in [-0.2, 0) is 14.4 Å². The van der Waals surface area contributed by atoms with Crippen molar-refractivity contribution >= 4 is 35.4 Å². The molecule has 3 amide bonds. The van der Waals surface area contributed by atoms with Gasteiger partial charge in [-0.25, -0.2) is 0 Å². The van der Waals surface area contributed by atoms with Gasteiger partial charge in [-0.15, -0.1) is 0 Å². The van der Waals surface area contributed by atoms with Gasteiger partial charge in [0.25, 0.3) is 5.91 Å². The average Bonchev–Trinajstić information content (AvgIpc) is 3.47. The molecule has 2 fully saturated rings. The Morgan fingerprint density at radius 2 is 2.10 bits per heavy atom. The molecule has 2 aromatic rings. The number of nitrogens with one attached hydrogen (secondary N) is 3. The third kappa shape index (κ3) is 5.25. The highest BCUT2D eigenvalue weighted by molar-refractivity contribution is 5.98. The summed E-state index contributed by atoms with van der Waals surface area (Å²) in [5.74, 6) is 0.594. The maximum absolute atomic E-state index is 12.3. The first-order valence-electron chi connectivity index (χ1n) is 10.3. The molecule has 3 N–H and O–H groups in total. The van der Waals surface area contributed by atoms with E-state index in [1.807, 2.05) is 35.2 Å². The summed E-state index contributed by atoms with van der Waals surface area (Å²) < 4.78 is 0. The van der Waals surface area contributed by atoms with Crippen molar-refractivity contribution in [3.05, 3.63) is 36.0 Å². The Bertz CT molecular complexity index is 876. The van der Waals surface area contributed by atoms with Crippen LogP contribution < -0.4 is 10.6 Å². The lowest BCUT2D eigenvalue weighted by Crippen LogP contribution is -2.33. The SMILES string of the molecule is CC1CCN(C(=O)c2cc3ccccc3[nH]2)C1.O=CN[C@H](C=O)C[C@@H]1CCNC1=O. The highest BCUT2D eigenvalue weighted by Crippen LogP contribution is 2.20.